The van der Waals surface area contributed by atoms with E-state index in [1.807, 2.05) is 0 Å². The molecule has 0 spiro atoms. The van der Waals surface area contributed by atoms with E-state index in [2.05, 4.69) is 16.0 Å². The van der Waals surface area contributed by atoms with Gasteiger partial charge in [0.25, 0.3) is 0 Å². The average molecular weight is 269 g/mol. The molecule has 1 rings (SSSR count). The molecule has 0 unspecified atom stereocenters. The maximum absolute atomic E-state index is 11.4. The number of carbonyl (C=O) groups excluding carboxylic acids is 1. The lowest BCUT2D eigenvalue weighted by atomic mass is 10.2. The summed E-state index contributed by atoms with van der Waals surface area (Å²) >= 11 is 0. The number of urea groups is 1. The lowest BCUT2D eigenvalue weighted by Crippen LogP contribution is -2.28. The van der Waals surface area contributed by atoms with Gasteiger partial charge in [0.05, 0.1) is 25.1 Å². The number of methoxy groups -OCH3 is 1. The lowest BCUT2D eigenvalue weighted by Gasteiger charge is -2.14. The Morgan fingerprint density at radius 3 is 2.68 bits per heavy atom. The Kier molecular flexibility index (Phi) is 5.74. The SMILES string of the molecule is CCNC(=O)Nc1cc(OC)c(NCCO)cc1O. The molecular weight excluding hydrogens is 250 g/mol. The molecule has 0 saturated heterocycles. The van der Waals surface area contributed by atoms with E-state index < -0.39 is 6.03 Å². The smallest absolute Gasteiger partial charge is 0.319 e. The van der Waals surface area contributed by atoms with Gasteiger partial charge in [-0.25, -0.2) is 4.79 Å². The van der Waals surface area contributed by atoms with Crippen molar-refractivity contribution in [2.45, 2.75) is 6.92 Å². The molecule has 106 valence electrons. The second kappa shape index (κ2) is 7.32. The van der Waals surface area contributed by atoms with Gasteiger partial charge in [-0.3, -0.25) is 0 Å². The number of ether oxygens (including phenoxy) is 1. The maximum atomic E-state index is 11.4. The molecule has 2 amide bonds. The van der Waals surface area contributed by atoms with Crippen LogP contribution in [0, 0.1) is 0 Å². The fourth-order valence-corrected chi connectivity index (χ4v) is 1.49. The molecule has 0 aliphatic heterocycles. The van der Waals surface area contributed by atoms with Crippen LogP contribution in [0.15, 0.2) is 12.1 Å². The Morgan fingerprint density at radius 1 is 1.37 bits per heavy atom. The number of carbonyl (C=O) groups is 1. The minimum absolute atomic E-state index is 0.0389. The normalized spacial score (nSPS) is 9.84. The number of hydrogen-bond donors (Lipinski definition) is 5. The van der Waals surface area contributed by atoms with E-state index in [4.69, 9.17) is 9.84 Å². The van der Waals surface area contributed by atoms with Gasteiger partial charge >= 0.3 is 6.03 Å². The Bertz CT molecular complexity index is 437. The molecular formula is C12H19N3O4. The summed E-state index contributed by atoms with van der Waals surface area (Å²) in [5, 5.41) is 26.6. The van der Waals surface area contributed by atoms with Gasteiger partial charge in [-0.1, -0.05) is 0 Å². The summed E-state index contributed by atoms with van der Waals surface area (Å²) in [6, 6.07) is 2.52. The second-order valence-electron chi connectivity index (χ2n) is 3.70. The van der Waals surface area contributed by atoms with Gasteiger partial charge in [0.1, 0.15) is 11.5 Å². The zero-order valence-corrected chi connectivity index (χ0v) is 11.0. The number of phenolic OH excluding ortho intramolecular Hbond substituents is 1. The molecule has 0 radical (unpaired) electrons. The Hall–Kier alpha value is -2.15. The molecule has 0 aromatic heterocycles. The highest BCUT2D eigenvalue weighted by molar-refractivity contribution is 5.92. The third kappa shape index (κ3) is 4.22. The monoisotopic (exact) mass is 269 g/mol. The number of anilines is 2. The van der Waals surface area contributed by atoms with Crippen LogP contribution in [0.5, 0.6) is 11.5 Å². The number of rotatable bonds is 6. The Morgan fingerprint density at radius 2 is 2.11 bits per heavy atom. The summed E-state index contributed by atoms with van der Waals surface area (Å²) in [5.74, 6) is 0.366. The number of benzene rings is 1. The van der Waals surface area contributed by atoms with Crippen molar-refractivity contribution in [2.75, 3.05) is 37.4 Å². The van der Waals surface area contributed by atoms with Crippen molar-refractivity contribution in [1.29, 1.82) is 0 Å². The zero-order chi connectivity index (χ0) is 14.3. The number of amides is 2. The van der Waals surface area contributed by atoms with E-state index >= 15 is 0 Å². The molecule has 0 bridgehead atoms. The number of hydrogen-bond acceptors (Lipinski definition) is 5. The van der Waals surface area contributed by atoms with E-state index in [9.17, 15) is 9.90 Å². The minimum Gasteiger partial charge on any atom is -0.506 e. The van der Waals surface area contributed by atoms with Crippen molar-refractivity contribution in [3.8, 4) is 11.5 Å². The Labute approximate surface area is 111 Å². The standard InChI is InChI=1S/C12H19N3O4/c1-3-13-12(18)15-8-7-11(19-2)9(6-10(8)17)14-4-5-16/h6-7,14,16-17H,3-5H2,1-2H3,(H2,13,15,18). The number of aromatic hydroxyl groups is 1. The molecule has 0 saturated carbocycles. The van der Waals surface area contributed by atoms with Gasteiger partial charge in [0, 0.05) is 25.2 Å². The Balaban J connectivity index is 2.92. The predicted molar refractivity (Wildman–Crippen MR) is 72.9 cm³/mol. The van der Waals surface area contributed by atoms with Crippen molar-refractivity contribution >= 4 is 17.4 Å². The number of nitrogens with one attached hydrogen (secondary N) is 3. The van der Waals surface area contributed by atoms with Crippen LogP contribution in [0.4, 0.5) is 16.2 Å². The largest absolute Gasteiger partial charge is 0.506 e. The van der Waals surface area contributed by atoms with Crippen LogP contribution in [0.1, 0.15) is 6.92 Å². The second-order valence-corrected chi connectivity index (χ2v) is 3.70. The molecule has 0 aliphatic carbocycles. The fraction of sp³-hybridized carbons (Fsp3) is 0.417. The fourth-order valence-electron chi connectivity index (χ4n) is 1.49. The molecule has 0 heterocycles. The van der Waals surface area contributed by atoms with Crippen LogP contribution in [0.25, 0.3) is 0 Å². The van der Waals surface area contributed by atoms with Crippen LogP contribution in [0.3, 0.4) is 0 Å². The summed E-state index contributed by atoms with van der Waals surface area (Å²) in [6.45, 7) is 2.57. The summed E-state index contributed by atoms with van der Waals surface area (Å²) in [5.41, 5.74) is 0.785. The van der Waals surface area contributed by atoms with Crippen LogP contribution < -0.4 is 20.7 Å². The highest BCUT2D eigenvalue weighted by Crippen LogP contribution is 2.35. The number of phenols is 1. The summed E-state index contributed by atoms with van der Waals surface area (Å²) in [4.78, 5) is 11.4. The first-order valence-corrected chi connectivity index (χ1v) is 5.93. The van der Waals surface area contributed by atoms with Gasteiger partial charge in [-0.2, -0.15) is 0 Å². The van der Waals surface area contributed by atoms with E-state index in [-0.39, 0.29) is 18.0 Å². The van der Waals surface area contributed by atoms with Gasteiger partial charge in [-0.15, -0.1) is 0 Å². The van der Waals surface area contributed by atoms with Gasteiger partial charge in [0.2, 0.25) is 0 Å². The van der Waals surface area contributed by atoms with E-state index in [0.29, 0.717) is 24.5 Å². The molecule has 0 aliphatic rings. The molecule has 1 aromatic carbocycles. The summed E-state index contributed by atoms with van der Waals surface area (Å²) < 4.78 is 5.15. The van der Waals surface area contributed by atoms with Gasteiger partial charge < -0.3 is 30.9 Å². The van der Waals surface area contributed by atoms with Crippen LogP contribution in [-0.4, -0.2) is 43.1 Å². The first-order chi connectivity index (χ1) is 9.12. The van der Waals surface area contributed by atoms with E-state index in [1.165, 1.54) is 19.2 Å². The van der Waals surface area contributed by atoms with E-state index in [0.717, 1.165) is 0 Å². The molecule has 7 nitrogen and oxygen atoms in total. The lowest BCUT2D eigenvalue weighted by molar-refractivity contribution is 0.252. The van der Waals surface area contributed by atoms with Crippen molar-refractivity contribution < 1.29 is 19.7 Å². The maximum Gasteiger partial charge on any atom is 0.319 e. The first kappa shape index (κ1) is 14.9. The van der Waals surface area contributed by atoms with Crippen LogP contribution >= 0.6 is 0 Å². The first-order valence-electron chi connectivity index (χ1n) is 5.93. The molecule has 19 heavy (non-hydrogen) atoms. The minimum atomic E-state index is -0.407. The predicted octanol–water partition coefficient (Wildman–Crippen LogP) is 0.946. The third-order valence-electron chi connectivity index (χ3n) is 2.33. The zero-order valence-electron chi connectivity index (χ0n) is 11.0. The topological polar surface area (TPSA) is 103 Å². The van der Waals surface area contributed by atoms with E-state index in [1.54, 1.807) is 6.92 Å². The third-order valence-corrected chi connectivity index (χ3v) is 2.33. The van der Waals surface area contributed by atoms with Gasteiger partial charge in [0.15, 0.2) is 0 Å². The average Bonchev–Trinajstić information content (AvgIpc) is 2.39. The molecule has 0 fully saturated rings. The van der Waals surface area contributed by atoms with Crippen LogP contribution in [-0.2, 0) is 0 Å². The van der Waals surface area contributed by atoms with Crippen LogP contribution in [0.2, 0.25) is 0 Å². The molecule has 5 N–H and O–H groups in total. The molecule has 1 aromatic rings. The number of aliphatic hydroxyl groups is 1. The summed E-state index contributed by atoms with van der Waals surface area (Å²) in [7, 11) is 1.48. The van der Waals surface area contributed by atoms with Crippen molar-refractivity contribution in [3.63, 3.8) is 0 Å². The highest BCUT2D eigenvalue weighted by atomic mass is 16.5. The van der Waals surface area contributed by atoms with Gasteiger partial charge in [-0.05, 0) is 6.92 Å². The number of aliphatic hydroxyl groups excluding tert-OH is 1. The highest BCUT2D eigenvalue weighted by Gasteiger charge is 2.11. The molecule has 7 heteroatoms. The van der Waals surface area contributed by atoms with Crippen molar-refractivity contribution in [3.05, 3.63) is 12.1 Å². The quantitative estimate of drug-likeness (QED) is 0.495. The summed E-state index contributed by atoms with van der Waals surface area (Å²) in [6.07, 6.45) is 0. The van der Waals surface area contributed by atoms with Crippen molar-refractivity contribution in [1.82, 2.24) is 5.32 Å². The van der Waals surface area contributed by atoms with Crippen molar-refractivity contribution in [2.24, 2.45) is 0 Å². The molecule has 0 atom stereocenters.